The maximum atomic E-state index is 3.74. The van der Waals surface area contributed by atoms with Crippen molar-refractivity contribution in [3.8, 4) is 0 Å². The molecule has 1 unspecified atom stereocenters. The molecule has 0 aromatic rings. The summed E-state index contributed by atoms with van der Waals surface area (Å²) in [4.78, 5) is 0. The highest BCUT2D eigenvalue weighted by atomic mass is 32.2. The van der Waals surface area contributed by atoms with E-state index in [-0.39, 0.29) is 0 Å². The Labute approximate surface area is 98.0 Å². The Morgan fingerprint density at radius 2 is 2.00 bits per heavy atom. The van der Waals surface area contributed by atoms with Gasteiger partial charge in [0.2, 0.25) is 0 Å². The quantitative estimate of drug-likeness (QED) is 0.769. The first-order valence-corrected chi connectivity index (χ1v) is 7.67. The monoisotopic (exact) mass is 228 g/mol. The molecule has 0 radical (unpaired) electrons. The van der Waals surface area contributed by atoms with Crippen LogP contribution in [0.3, 0.4) is 0 Å². The molecule has 1 aliphatic heterocycles. The molecule has 0 aromatic heterocycles. The van der Waals surface area contributed by atoms with Gasteiger partial charge < -0.3 is 10.6 Å². The molecule has 1 aliphatic carbocycles. The Morgan fingerprint density at radius 1 is 1.20 bits per heavy atom. The third-order valence-electron chi connectivity index (χ3n) is 3.82. The van der Waals surface area contributed by atoms with E-state index in [1.807, 2.05) is 0 Å². The van der Waals surface area contributed by atoms with E-state index in [2.05, 4.69) is 28.7 Å². The van der Waals surface area contributed by atoms with Gasteiger partial charge in [0.1, 0.15) is 0 Å². The Hall–Kier alpha value is 0.270. The van der Waals surface area contributed by atoms with Gasteiger partial charge in [-0.3, -0.25) is 0 Å². The summed E-state index contributed by atoms with van der Waals surface area (Å²) in [6.45, 7) is 2.42. The van der Waals surface area contributed by atoms with Gasteiger partial charge in [0.25, 0.3) is 0 Å². The van der Waals surface area contributed by atoms with Crippen LogP contribution in [0.25, 0.3) is 0 Å². The molecule has 2 fully saturated rings. The first-order valence-electron chi connectivity index (χ1n) is 6.38. The summed E-state index contributed by atoms with van der Waals surface area (Å²) in [7, 11) is 0. The molecule has 0 bridgehead atoms. The van der Waals surface area contributed by atoms with E-state index in [9.17, 15) is 0 Å². The largest absolute Gasteiger partial charge is 0.313 e. The molecule has 2 aliphatic rings. The zero-order chi connectivity index (χ0) is 10.5. The lowest BCUT2D eigenvalue weighted by Gasteiger charge is -2.29. The molecule has 2 rings (SSSR count). The number of hydrogen-bond donors (Lipinski definition) is 2. The summed E-state index contributed by atoms with van der Waals surface area (Å²) in [5, 5.41) is 8.22. The minimum atomic E-state index is 0.753. The highest BCUT2D eigenvalue weighted by molar-refractivity contribution is 7.99. The Morgan fingerprint density at radius 3 is 2.60 bits per heavy atom. The van der Waals surface area contributed by atoms with E-state index in [0.717, 1.165) is 17.3 Å². The zero-order valence-electron chi connectivity index (χ0n) is 9.80. The predicted molar refractivity (Wildman–Crippen MR) is 68.6 cm³/mol. The average Bonchev–Trinajstić information content (AvgIpc) is 2.80. The maximum Gasteiger partial charge on any atom is 0.0193 e. The van der Waals surface area contributed by atoms with E-state index in [4.69, 9.17) is 0 Å². The second-order valence-corrected chi connectivity index (χ2v) is 6.05. The first-order chi connectivity index (χ1) is 7.38. The van der Waals surface area contributed by atoms with Crippen molar-refractivity contribution < 1.29 is 0 Å². The number of rotatable bonds is 4. The van der Waals surface area contributed by atoms with E-state index in [1.165, 1.54) is 51.6 Å². The maximum absolute atomic E-state index is 3.74. The van der Waals surface area contributed by atoms with Gasteiger partial charge in [0, 0.05) is 23.9 Å². The summed E-state index contributed by atoms with van der Waals surface area (Å²) >= 11 is 2.05. The lowest BCUT2D eigenvalue weighted by Crippen LogP contribution is -2.41. The van der Waals surface area contributed by atoms with Gasteiger partial charge in [-0.2, -0.15) is 11.8 Å². The van der Waals surface area contributed by atoms with Crippen molar-refractivity contribution in [3.63, 3.8) is 0 Å². The van der Waals surface area contributed by atoms with Gasteiger partial charge >= 0.3 is 0 Å². The SMILES string of the molecule is CSC1CCC(NCC2CCCN2)CC1. The lowest BCUT2D eigenvalue weighted by molar-refractivity contribution is 0.365. The molecule has 2 N–H and O–H groups in total. The van der Waals surface area contributed by atoms with Crippen molar-refractivity contribution in [2.75, 3.05) is 19.3 Å². The molecule has 0 spiro atoms. The minimum absolute atomic E-state index is 0.753. The molecule has 1 saturated carbocycles. The fourth-order valence-corrected chi connectivity index (χ4v) is 3.49. The van der Waals surface area contributed by atoms with Crippen LogP contribution >= 0.6 is 11.8 Å². The van der Waals surface area contributed by atoms with Gasteiger partial charge in [-0.15, -0.1) is 0 Å². The van der Waals surface area contributed by atoms with E-state index < -0.39 is 0 Å². The van der Waals surface area contributed by atoms with Crippen molar-refractivity contribution in [1.82, 2.24) is 10.6 Å². The molecule has 88 valence electrons. The summed E-state index contributed by atoms with van der Waals surface area (Å²) < 4.78 is 0. The molecule has 3 heteroatoms. The number of thioether (sulfide) groups is 1. The Balaban J connectivity index is 1.59. The third-order valence-corrected chi connectivity index (χ3v) is 4.96. The average molecular weight is 228 g/mol. The molecule has 1 heterocycles. The fourth-order valence-electron chi connectivity index (χ4n) is 2.74. The van der Waals surface area contributed by atoms with Crippen LogP contribution in [0, 0.1) is 0 Å². The van der Waals surface area contributed by atoms with E-state index in [1.54, 1.807) is 0 Å². The smallest absolute Gasteiger partial charge is 0.0193 e. The molecule has 1 atom stereocenters. The summed E-state index contributed by atoms with van der Waals surface area (Å²) in [6.07, 6.45) is 10.6. The molecule has 15 heavy (non-hydrogen) atoms. The van der Waals surface area contributed by atoms with E-state index in [0.29, 0.717) is 0 Å². The number of nitrogens with one attached hydrogen (secondary N) is 2. The van der Waals surface area contributed by atoms with Crippen LogP contribution < -0.4 is 10.6 Å². The van der Waals surface area contributed by atoms with Gasteiger partial charge in [0.05, 0.1) is 0 Å². The lowest BCUT2D eigenvalue weighted by atomic mass is 9.95. The van der Waals surface area contributed by atoms with Crippen molar-refractivity contribution in [2.24, 2.45) is 0 Å². The molecular weight excluding hydrogens is 204 g/mol. The van der Waals surface area contributed by atoms with Crippen LogP contribution in [0.15, 0.2) is 0 Å². The predicted octanol–water partition coefficient (Wildman–Crippen LogP) is 2.00. The number of hydrogen-bond acceptors (Lipinski definition) is 3. The molecular formula is C12H24N2S. The van der Waals surface area contributed by atoms with Gasteiger partial charge in [-0.1, -0.05) is 0 Å². The van der Waals surface area contributed by atoms with Crippen molar-refractivity contribution in [1.29, 1.82) is 0 Å². The van der Waals surface area contributed by atoms with Crippen LogP contribution in [-0.4, -0.2) is 36.7 Å². The van der Waals surface area contributed by atoms with Crippen LogP contribution in [0.1, 0.15) is 38.5 Å². The summed E-state index contributed by atoms with van der Waals surface area (Å²) in [5.74, 6) is 0. The van der Waals surface area contributed by atoms with Crippen molar-refractivity contribution >= 4 is 11.8 Å². The Bertz CT molecular complexity index is 172. The van der Waals surface area contributed by atoms with Crippen LogP contribution in [0.5, 0.6) is 0 Å². The van der Waals surface area contributed by atoms with Crippen LogP contribution in [-0.2, 0) is 0 Å². The van der Waals surface area contributed by atoms with E-state index >= 15 is 0 Å². The zero-order valence-corrected chi connectivity index (χ0v) is 10.6. The summed E-state index contributed by atoms with van der Waals surface area (Å²) in [6, 6.07) is 1.55. The van der Waals surface area contributed by atoms with Gasteiger partial charge in [-0.25, -0.2) is 0 Å². The van der Waals surface area contributed by atoms with Gasteiger partial charge in [0.15, 0.2) is 0 Å². The highest BCUT2D eigenvalue weighted by Crippen LogP contribution is 2.26. The summed E-state index contributed by atoms with van der Waals surface area (Å²) in [5.41, 5.74) is 0. The minimum Gasteiger partial charge on any atom is -0.313 e. The highest BCUT2D eigenvalue weighted by Gasteiger charge is 2.21. The standard InChI is InChI=1S/C12H24N2S/c1-15-12-6-4-10(5-7-12)14-9-11-3-2-8-13-11/h10-14H,2-9H2,1H3. The molecule has 0 aromatic carbocycles. The first kappa shape index (κ1) is 11.7. The van der Waals surface area contributed by atoms with Crippen molar-refractivity contribution in [3.05, 3.63) is 0 Å². The topological polar surface area (TPSA) is 24.1 Å². The van der Waals surface area contributed by atoms with Crippen LogP contribution in [0.2, 0.25) is 0 Å². The molecule has 0 amide bonds. The normalized spacial score (nSPS) is 37.0. The van der Waals surface area contributed by atoms with Crippen LogP contribution in [0.4, 0.5) is 0 Å². The Kier molecular flexibility index (Phi) is 4.79. The third kappa shape index (κ3) is 3.65. The second-order valence-electron chi connectivity index (χ2n) is 4.91. The molecule has 2 nitrogen and oxygen atoms in total. The van der Waals surface area contributed by atoms with Gasteiger partial charge in [-0.05, 0) is 51.3 Å². The molecule has 1 saturated heterocycles. The fraction of sp³-hybridized carbons (Fsp3) is 1.00. The van der Waals surface area contributed by atoms with Crippen molar-refractivity contribution in [2.45, 2.75) is 55.9 Å². The second kappa shape index (κ2) is 6.12.